The van der Waals surface area contributed by atoms with Crippen molar-refractivity contribution >= 4 is 0 Å². The van der Waals surface area contributed by atoms with Crippen molar-refractivity contribution in [3.63, 3.8) is 0 Å². The number of tetrazole rings is 1. The van der Waals surface area contributed by atoms with Crippen LogP contribution in [0.1, 0.15) is 30.0 Å². The summed E-state index contributed by atoms with van der Waals surface area (Å²) in [6.45, 7) is 4.64. The van der Waals surface area contributed by atoms with E-state index in [1.807, 2.05) is 25.1 Å². The van der Waals surface area contributed by atoms with Gasteiger partial charge in [-0.05, 0) is 42.0 Å². The number of rotatable bonds is 5. The summed E-state index contributed by atoms with van der Waals surface area (Å²) in [5.74, 6) is 0.830. The third-order valence-electron chi connectivity index (χ3n) is 3.24. The Bertz CT molecular complexity index is 706. The van der Waals surface area contributed by atoms with Gasteiger partial charge in [0, 0.05) is 12.1 Å². The summed E-state index contributed by atoms with van der Waals surface area (Å²) >= 11 is 0. The molecule has 3 rings (SSSR count). The van der Waals surface area contributed by atoms with Crippen molar-refractivity contribution in [1.82, 2.24) is 30.7 Å². The maximum Gasteiger partial charge on any atom is 0.150 e. The van der Waals surface area contributed by atoms with Crippen LogP contribution in [0.25, 0.3) is 5.69 Å². The Morgan fingerprint density at radius 1 is 1.33 bits per heavy atom. The first-order valence-electron chi connectivity index (χ1n) is 6.71. The summed E-state index contributed by atoms with van der Waals surface area (Å²) < 4.78 is 6.82. The van der Waals surface area contributed by atoms with Crippen molar-refractivity contribution in [1.29, 1.82) is 0 Å². The van der Waals surface area contributed by atoms with E-state index in [9.17, 15) is 0 Å². The average molecular weight is 284 g/mol. The fourth-order valence-corrected chi connectivity index (χ4v) is 2.09. The summed E-state index contributed by atoms with van der Waals surface area (Å²) in [5.41, 5.74) is 2.97. The molecule has 0 aliphatic rings. The van der Waals surface area contributed by atoms with Crippen molar-refractivity contribution in [3.8, 4) is 5.69 Å². The quantitative estimate of drug-likeness (QED) is 0.769. The molecular weight excluding hydrogens is 268 g/mol. The Morgan fingerprint density at radius 2 is 2.24 bits per heavy atom. The van der Waals surface area contributed by atoms with Crippen LogP contribution in [-0.4, -0.2) is 25.4 Å². The number of hydrogen-bond acceptors (Lipinski definition) is 6. The van der Waals surface area contributed by atoms with E-state index in [1.165, 1.54) is 0 Å². The van der Waals surface area contributed by atoms with Crippen LogP contribution in [-0.2, 0) is 6.54 Å². The molecule has 3 aromatic rings. The summed E-state index contributed by atoms with van der Waals surface area (Å²) in [7, 11) is 0. The van der Waals surface area contributed by atoms with Gasteiger partial charge in [-0.25, -0.2) is 4.68 Å². The molecule has 1 N–H and O–H groups in total. The Kier molecular flexibility index (Phi) is 3.74. The predicted molar refractivity (Wildman–Crippen MR) is 75.6 cm³/mol. The number of aryl methyl sites for hydroxylation is 1. The molecule has 1 aromatic carbocycles. The third kappa shape index (κ3) is 3.14. The van der Waals surface area contributed by atoms with Gasteiger partial charge in [-0.15, -0.1) is 5.10 Å². The molecule has 2 aromatic heterocycles. The third-order valence-corrected chi connectivity index (χ3v) is 3.24. The van der Waals surface area contributed by atoms with Gasteiger partial charge >= 0.3 is 0 Å². The molecular formula is C14H16N6O. The number of benzene rings is 1. The largest absolute Gasteiger partial charge is 0.360 e. The van der Waals surface area contributed by atoms with Crippen LogP contribution in [0, 0.1) is 6.92 Å². The molecule has 0 bridgehead atoms. The van der Waals surface area contributed by atoms with Crippen LogP contribution in [0.15, 0.2) is 41.2 Å². The highest BCUT2D eigenvalue weighted by Gasteiger charge is 2.08. The van der Waals surface area contributed by atoms with Crippen LogP contribution in [0.2, 0.25) is 0 Å². The molecule has 0 aliphatic heterocycles. The second-order valence-corrected chi connectivity index (χ2v) is 4.89. The summed E-state index contributed by atoms with van der Waals surface area (Å²) in [4.78, 5) is 0. The first-order chi connectivity index (χ1) is 10.2. The maximum atomic E-state index is 5.19. The van der Waals surface area contributed by atoms with E-state index in [1.54, 1.807) is 11.0 Å². The van der Waals surface area contributed by atoms with E-state index in [0.717, 1.165) is 22.7 Å². The molecule has 0 amide bonds. The summed E-state index contributed by atoms with van der Waals surface area (Å²) in [6.07, 6.45) is 1.58. The molecule has 21 heavy (non-hydrogen) atoms. The number of aromatic nitrogens is 5. The first kappa shape index (κ1) is 13.4. The van der Waals surface area contributed by atoms with Crippen LogP contribution in [0.3, 0.4) is 0 Å². The number of nitrogens with one attached hydrogen (secondary N) is 1. The monoisotopic (exact) mass is 284 g/mol. The Hall–Kier alpha value is -2.54. The van der Waals surface area contributed by atoms with Crippen LogP contribution in [0.4, 0.5) is 0 Å². The lowest BCUT2D eigenvalue weighted by molar-refractivity contribution is 0.363. The molecule has 7 nitrogen and oxygen atoms in total. The number of hydrogen-bond donors (Lipinski definition) is 1. The normalized spacial score (nSPS) is 12.5. The van der Waals surface area contributed by atoms with Crippen molar-refractivity contribution in [2.24, 2.45) is 0 Å². The van der Waals surface area contributed by atoms with Gasteiger partial charge in [-0.1, -0.05) is 17.3 Å². The minimum absolute atomic E-state index is 0.173. The lowest BCUT2D eigenvalue weighted by atomic mass is 10.1. The minimum atomic E-state index is 0.173. The van der Waals surface area contributed by atoms with Crippen molar-refractivity contribution in [3.05, 3.63) is 53.7 Å². The lowest BCUT2D eigenvalue weighted by Gasteiger charge is -2.14. The van der Waals surface area contributed by atoms with Gasteiger partial charge < -0.3 is 9.84 Å². The Balaban J connectivity index is 1.69. The van der Waals surface area contributed by atoms with Crippen molar-refractivity contribution in [2.45, 2.75) is 26.4 Å². The van der Waals surface area contributed by atoms with Gasteiger partial charge in [0.1, 0.15) is 6.33 Å². The van der Waals surface area contributed by atoms with E-state index < -0.39 is 0 Å². The first-order valence-corrected chi connectivity index (χ1v) is 6.71. The smallest absolute Gasteiger partial charge is 0.150 e. The zero-order chi connectivity index (χ0) is 14.7. The second kappa shape index (κ2) is 5.84. The lowest BCUT2D eigenvalue weighted by Crippen LogP contribution is -2.18. The standard InChI is InChI=1S/C14H16N6O/c1-10-6-14(21-17-10)8-15-11(2)12-4-3-5-13(7-12)20-9-16-18-19-20/h3-7,9,11,15H,8H2,1-2H3. The van der Waals surface area contributed by atoms with Gasteiger partial charge in [-0.3, -0.25) is 0 Å². The van der Waals surface area contributed by atoms with Crippen LogP contribution in [0.5, 0.6) is 0 Å². The summed E-state index contributed by atoms with van der Waals surface area (Å²) in [6, 6.07) is 10.2. The molecule has 1 unspecified atom stereocenters. The van der Waals surface area contributed by atoms with E-state index in [4.69, 9.17) is 4.52 Å². The molecule has 0 spiro atoms. The fraction of sp³-hybridized carbons (Fsp3) is 0.286. The molecule has 0 aliphatic carbocycles. The fourth-order valence-electron chi connectivity index (χ4n) is 2.09. The second-order valence-electron chi connectivity index (χ2n) is 4.89. The zero-order valence-electron chi connectivity index (χ0n) is 11.9. The van der Waals surface area contributed by atoms with E-state index in [-0.39, 0.29) is 6.04 Å². The van der Waals surface area contributed by atoms with Gasteiger partial charge in [0.05, 0.1) is 17.9 Å². The van der Waals surface area contributed by atoms with Crippen LogP contribution >= 0.6 is 0 Å². The van der Waals surface area contributed by atoms with Crippen molar-refractivity contribution in [2.75, 3.05) is 0 Å². The Morgan fingerprint density at radius 3 is 2.95 bits per heavy atom. The number of nitrogens with zero attached hydrogens (tertiary/aromatic N) is 5. The van der Waals surface area contributed by atoms with Gasteiger partial charge in [0.25, 0.3) is 0 Å². The molecule has 0 radical (unpaired) electrons. The summed E-state index contributed by atoms with van der Waals surface area (Å²) in [5, 5.41) is 18.5. The van der Waals surface area contributed by atoms with E-state index >= 15 is 0 Å². The Labute approximate surface area is 122 Å². The molecule has 7 heteroatoms. The van der Waals surface area contributed by atoms with Gasteiger partial charge in [0.15, 0.2) is 5.76 Å². The van der Waals surface area contributed by atoms with Gasteiger partial charge in [0.2, 0.25) is 0 Å². The minimum Gasteiger partial charge on any atom is -0.360 e. The highest BCUT2D eigenvalue weighted by Crippen LogP contribution is 2.16. The van der Waals surface area contributed by atoms with Crippen molar-refractivity contribution < 1.29 is 4.52 Å². The molecule has 2 heterocycles. The highest BCUT2D eigenvalue weighted by atomic mass is 16.5. The SMILES string of the molecule is Cc1cc(CNC(C)c2cccc(-n3cnnn3)c2)on1. The molecule has 108 valence electrons. The van der Waals surface area contributed by atoms with E-state index in [0.29, 0.717) is 6.54 Å². The van der Waals surface area contributed by atoms with Gasteiger partial charge in [-0.2, -0.15) is 0 Å². The molecule has 1 atom stereocenters. The molecule has 0 saturated heterocycles. The average Bonchev–Trinajstić information content (AvgIpc) is 3.16. The molecule has 0 saturated carbocycles. The highest BCUT2D eigenvalue weighted by molar-refractivity contribution is 5.35. The van der Waals surface area contributed by atoms with Crippen LogP contribution < -0.4 is 5.32 Å². The zero-order valence-corrected chi connectivity index (χ0v) is 11.9. The maximum absolute atomic E-state index is 5.19. The molecule has 0 fully saturated rings. The van der Waals surface area contributed by atoms with E-state index in [2.05, 4.69) is 45.1 Å². The topological polar surface area (TPSA) is 81.7 Å². The predicted octanol–water partition coefficient (Wildman–Crippen LogP) is 1.81.